The summed E-state index contributed by atoms with van der Waals surface area (Å²) in [5.41, 5.74) is 0.168. The third-order valence-corrected chi connectivity index (χ3v) is 5.53. The monoisotopic (exact) mass is 337 g/mol. The first-order valence-corrected chi connectivity index (χ1v) is 8.53. The number of rotatable bonds is 5. The van der Waals surface area contributed by atoms with Crippen LogP contribution in [0.25, 0.3) is 0 Å². The van der Waals surface area contributed by atoms with Crippen LogP contribution in [0.15, 0.2) is 18.2 Å². The van der Waals surface area contributed by atoms with E-state index in [1.807, 2.05) is 0 Å². The maximum atomic E-state index is 14.1. The molecule has 2 unspecified atom stereocenters. The Hall–Kier alpha value is -1.53. The molecule has 1 aromatic rings. The summed E-state index contributed by atoms with van der Waals surface area (Å²) in [5, 5.41) is 6.23. The summed E-state index contributed by atoms with van der Waals surface area (Å²) in [6.07, 6.45) is 3.00. The summed E-state index contributed by atoms with van der Waals surface area (Å²) < 4.78 is 28.1. The van der Waals surface area contributed by atoms with Gasteiger partial charge in [-0.05, 0) is 64.0 Å². The number of hydrogen-bond acceptors (Lipinski definition) is 3. The first kappa shape index (κ1) is 17.3. The lowest BCUT2D eigenvalue weighted by Gasteiger charge is -2.27. The van der Waals surface area contributed by atoms with Crippen LogP contribution in [0.1, 0.15) is 30.9 Å². The fourth-order valence-corrected chi connectivity index (χ4v) is 3.89. The number of piperidine rings is 1. The number of amides is 1. The van der Waals surface area contributed by atoms with Crippen molar-refractivity contribution in [3.8, 4) is 0 Å². The Labute approximate surface area is 141 Å². The van der Waals surface area contributed by atoms with E-state index in [-0.39, 0.29) is 29.3 Å². The van der Waals surface area contributed by atoms with E-state index in [4.69, 9.17) is 0 Å². The number of nitrogens with zero attached hydrogens (tertiary/aromatic N) is 1. The molecular weight excluding hydrogens is 312 g/mol. The van der Waals surface area contributed by atoms with Crippen molar-refractivity contribution in [1.82, 2.24) is 15.5 Å². The predicted molar refractivity (Wildman–Crippen MR) is 88.4 cm³/mol. The molecule has 1 heterocycles. The predicted octanol–water partition coefficient (Wildman–Crippen LogP) is 2.07. The Kier molecular flexibility index (Phi) is 4.88. The zero-order valence-electron chi connectivity index (χ0n) is 14.2. The zero-order chi connectivity index (χ0) is 17.3. The summed E-state index contributed by atoms with van der Waals surface area (Å²) >= 11 is 0. The molecular formula is C18H25F2N3O. The van der Waals surface area contributed by atoms with Crippen molar-refractivity contribution in [3.63, 3.8) is 0 Å². The zero-order valence-corrected chi connectivity index (χ0v) is 14.2. The Balaban J connectivity index is 1.64. The molecule has 4 nitrogen and oxygen atoms in total. The molecule has 2 atom stereocenters. The smallest absolute Gasteiger partial charge is 0.223 e. The van der Waals surface area contributed by atoms with Gasteiger partial charge in [-0.2, -0.15) is 0 Å². The molecule has 1 saturated carbocycles. The molecule has 1 saturated heterocycles. The van der Waals surface area contributed by atoms with Crippen molar-refractivity contribution in [1.29, 1.82) is 0 Å². The molecule has 1 spiro atoms. The van der Waals surface area contributed by atoms with Crippen LogP contribution in [0.4, 0.5) is 8.78 Å². The van der Waals surface area contributed by atoms with E-state index in [1.54, 1.807) is 19.0 Å². The van der Waals surface area contributed by atoms with Crippen molar-refractivity contribution in [2.45, 2.75) is 25.3 Å². The van der Waals surface area contributed by atoms with E-state index in [9.17, 15) is 13.6 Å². The molecule has 0 aromatic heterocycles. The molecule has 3 rings (SSSR count). The topological polar surface area (TPSA) is 44.4 Å². The standard InChI is InChI=1S/C18H25F2N3O/c1-23(2)15(16-13(19)4-3-5-14(16)20)11-22-17(24)12-10-18(12)6-8-21-9-7-18/h3-5,12,15,21H,6-11H2,1-2H3,(H,22,24). The minimum atomic E-state index is -0.579. The van der Waals surface area contributed by atoms with Gasteiger partial charge in [-0.1, -0.05) is 6.07 Å². The summed E-state index contributed by atoms with van der Waals surface area (Å²) in [4.78, 5) is 14.2. The quantitative estimate of drug-likeness (QED) is 0.865. The molecule has 0 radical (unpaired) electrons. The van der Waals surface area contributed by atoms with Gasteiger partial charge in [0.15, 0.2) is 0 Å². The van der Waals surface area contributed by atoms with E-state index in [0.717, 1.165) is 32.4 Å². The number of carbonyl (C=O) groups is 1. The number of nitrogens with one attached hydrogen (secondary N) is 2. The van der Waals surface area contributed by atoms with Gasteiger partial charge in [-0.3, -0.25) is 4.79 Å². The van der Waals surface area contributed by atoms with Crippen molar-refractivity contribution in [2.24, 2.45) is 11.3 Å². The van der Waals surface area contributed by atoms with Gasteiger partial charge in [-0.25, -0.2) is 8.78 Å². The van der Waals surface area contributed by atoms with Gasteiger partial charge in [0.25, 0.3) is 0 Å². The summed E-state index contributed by atoms with van der Waals surface area (Å²) in [7, 11) is 3.52. The van der Waals surface area contributed by atoms with E-state index in [0.29, 0.717) is 0 Å². The Morgan fingerprint density at radius 1 is 1.33 bits per heavy atom. The highest BCUT2D eigenvalue weighted by Gasteiger charge is 2.57. The lowest BCUT2D eigenvalue weighted by molar-refractivity contribution is -0.123. The average molecular weight is 337 g/mol. The molecule has 1 aromatic carbocycles. The third kappa shape index (κ3) is 3.30. The van der Waals surface area contributed by atoms with E-state index in [2.05, 4.69) is 10.6 Å². The van der Waals surface area contributed by atoms with Crippen molar-refractivity contribution in [2.75, 3.05) is 33.7 Å². The fourth-order valence-electron chi connectivity index (χ4n) is 3.89. The fraction of sp³-hybridized carbons (Fsp3) is 0.611. The maximum Gasteiger partial charge on any atom is 0.223 e. The number of benzene rings is 1. The highest BCUT2D eigenvalue weighted by molar-refractivity contribution is 5.82. The van der Waals surface area contributed by atoms with E-state index in [1.165, 1.54) is 18.2 Å². The van der Waals surface area contributed by atoms with E-state index >= 15 is 0 Å². The molecule has 1 aliphatic carbocycles. The highest BCUT2D eigenvalue weighted by Crippen LogP contribution is 2.58. The van der Waals surface area contributed by atoms with Crippen molar-refractivity contribution in [3.05, 3.63) is 35.4 Å². The molecule has 132 valence electrons. The molecule has 2 fully saturated rings. The maximum absolute atomic E-state index is 14.1. The van der Waals surface area contributed by atoms with Crippen LogP contribution in [0, 0.1) is 23.0 Å². The number of carbonyl (C=O) groups excluding carboxylic acids is 1. The second-order valence-electron chi connectivity index (χ2n) is 7.23. The van der Waals surface area contributed by atoms with Crippen LogP contribution >= 0.6 is 0 Å². The summed E-state index contributed by atoms with van der Waals surface area (Å²) in [5.74, 6) is -1.10. The lowest BCUT2D eigenvalue weighted by atomic mass is 9.91. The number of hydrogen-bond donors (Lipinski definition) is 2. The van der Waals surface area contributed by atoms with Gasteiger partial charge in [0.2, 0.25) is 5.91 Å². The number of likely N-dealkylation sites (N-methyl/N-ethyl adjacent to an activating group) is 1. The lowest BCUT2D eigenvalue weighted by Crippen LogP contribution is -2.38. The first-order chi connectivity index (χ1) is 11.4. The second-order valence-corrected chi connectivity index (χ2v) is 7.23. The number of halogens is 2. The van der Waals surface area contributed by atoms with Gasteiger partial charge < -0.3 is 15.5 Å². The molecule has 6 heteroatoms. The summed E-state index contributed by atoms with van der Waals surface area (Å²) in [6, 6.07) is 3.33. The van der Waals surface area contributed by atoms with Crippen LogP contribution in [0.2, 0.25) is 0 Å². The van der Waals surface area contributed by atoms with Gasteiger partial charge in [0.05, 0.1) is 6.04 Å². The van der Waals surface area contributed by atoms with Crippen molar-refractivity contribution >= 4 is 5.91 Å². The van der Waals surface area contributed by atoms with E-state index < -0.39 is 17.7 Å². The van der Waals surface area contributed by atoms with Crippen LogP contribution < -0.4 is 10.6 Å². The Morgan fingerprint density at radius 3 is 2.54 bits per heavy atom. The second kappa shape index (κ2) is 6.76. The largest absolute Gasteiger partial charge is 0.354 e. The first-order valence-electron chi connectivity index (χ1n) is 8.53. The Bertz CT molecular complexity index is 594. The summed E-state index contributed by atoms with van der Waals surface area (Å²) in [6.45, 7) is 2.13. The minimum Gasteiger partial charge on any atom is -0.354 e. The molecule has 24 heavy (non-hydrogen) atoms. The molecule has 2 aliphatic rings. The van der Waals surface area contributed by atoms with Crippen molar-refractivity contribution < 1.29 is 13.6 Å². The van der Waals surface area contributed by atoms with Gasteiger partial charge in [0, 0.05) is 18.0 Å². The van der Waals surface area contributed by atoms with Crippen LogP contribution in [-0.2, 0) is 4.79 Å². The van der Waals surface area contributed by atoms with Crippen LogP contribution in [0.3, 0.4) is 0 Å². The minimum absolute atomic E-state index is 0.00942. The molecule has 0 bridgehead atoms. The molecule has 1 aliphatic heterocycles. The van der Waals surface area contributed by atoms with Crippen LogP contribution in [0.5, 0.6) is 0 Å². The molecule has 2 N–H and O–H groups in total. The van der Waals surface area contributed by atoms with Crippen LogP contribution in [-0.4, -0.2) is 44.5 Å². The van der Waals surface area contributed by atoms with Gasteiger partial charge >= 0.3 is 0 Å². The Morgan fingerprint density at radius 2 is 1.96 bits per heavy atom. The normalized spacial score (nSPS) is 23.3. The van der Waals surface area contributed by atoms with Gasteiger partial charge in [0.1, 0.15) is 11.6 Å². The molecule has 1 amide bonds. The average Bonchev–Trinajstić information content (AvgIpc) is 3.23. The van der Waals surface area contributed by atoms with Gasteiger partial charge in [-0.15, -0.1) is 0 Å². The third-order valence-electron chi connectivity index (χ3n) is 5.53. The SMILES string of the molecule is CN(C)C(CNC(=O)C1CC12CCNCC2)c1c(F)cccc1F. The highest BCUT2D eigenvalue weighted by atomic mass is 19.1.